The molecule has 4 aromatic carbocycles. The van der Waals surface area contributed by atoms with E-state index in [1.165, 1.54) is 33.0 Å². The molecule has 1 nitrogen and oxygen atoms in total. The van der Waals surface area contributed by atoms with Gasteiger partial charge >= 0.3 is 0 Å². The van der Waals surface area contributed by atoms with Gasteiger partial charge in [-0.1, -0.05) is 97.1 Å². The molecule has 126 valence electrons. The maximum absolute atomic E-state index is 6.55. The molecule has 0 aliphatic heterocycles. The second-order valence-electron chi connectivity index (χ2n) is 6.95. The fourth-order valence-electron chi connectivity index (χ4n) is 4.29. The van der Waals surface area contributed by atoms with Gasteiger partial charge in [0.25, 0.3) is 0 Å². The number of furan rings is 1. The van der Waals surface area contributed by atoms with Gasteiger partial charge < -0.3 is 4.42 Å². The Morgan fingerprint density at radius 2 is 0.926 bits per heavy atom. The van der Waals surface area contributed by atoms with E-state index < -0.39 is 0 Å². The van der Waals surface area contributed by atoms with Crippen molar-refractivity contribution in [3.05, 3.63) is 97.1 Å². The molecular weight excluding hydrogens is 328 g/mol. The van der Waals surface area contributed by atoms with Crippen LogP contribution in [-0.4, -0.2) is 0 Å². The minimum atomic E-state index is 0.952. The summed E-state index contributed by atoms with van der Waals surface area (Å²) in [6.45, 7) is 0. The van der Waals surface area contributed by atoms with Crippen molar-refractivity contribution in [2.45, 2.75) is 0 Å². The average Bonchev–Trinajstić information content (AvgIpc) is 3.28. The molecule has 27 heavy (non-hydrogen) atoms. The van der Waals surface area contributed by atoms with Crippen LogP contribution in [0.4, 0.5) is 0 Å². The first-order chi connectivity index (χ1) is 13.4. The summed E-state index contributed by atoms with van der Waals surface area (Å²) in [6, 6.07) is 33.9. The van der Waals surface area contributed by atoms with Gasteiger partial charge in [-0.3, -0.25) is 0 Å². The maximum atomic E-state index is 6.55. The lowest BCUT2D eigenvalue weighted by Crippen LogP contribution is -1.80. The first kappa shape index (κ1) is 14.6. The van der Waals surface area contributed by atoms with Gasteiger partial charge in [0.2, 0.25) is 0 Å². The van der Waals surface area contributed by atoms with Crippen LogP contribution in [0, 0.1) is 0 Å². The highest BCUT2D eigenvalue weighted by Gasteiger charge is 2.31. The number of hydrogen-bond donors (Lipinski definition) is 0. The van der Waals surface area contributed by atoms with Crippen molar-refractivity contribution in [3.8, 4) is 44.9 Å². The van der Waals surface area contributed by atoms with E-state index in [2.05, 4.69) is 84.9 Å². The smallest absolute Gasteiger partial charge is 0.143 e. The van der Waals surface area contributed by atoms with Crippen molar-refractivity contribution in [3.63, 3.8) is 0 Å². The van der Waals surface area contributed by atoms with Gasteiger partial charge in [0.05, 0.1) is 0 Å². The lowest BCUT2D eigenvalue weighted by Gasteiger charge is -2.06. The Bertz CT molecular complexity index is 1200. The minimum Gasteiger partial charge on any atom is -0.455 e. The van der Waals surface area contributed by atoms with Crippen LogP contribution in [-0.2, 0) is 0 Å². The van der Waals surface area contributed by atoms with Crippen molar-refractivity contribution in [1.29, 1.82) is 0 Å². The zero-order valence-electron chi connectivity index (χ0n) is 14.6. The summed E-state index contributed by atoms with van der Waals surface area (Å²) in [6.07, 6.45) is 0. The number of rotatable bonds is 2. The first-order valence-electron chi connectivity index (χ1n) is 9.22. The van der Waals surface area contributed by atoms with E-state index in [-0.39, 0.29) is 0 Å². The van der Waals surface area contributed by atoms with Crippen LogP contribution in [0.3, 0.4) is 0 Å². The average molecular weight is 344 g/mol. The van der Waals surface area contributed by atoms with Crippen molar-refractivity contribution >= 4 is 10.8 Å². The Morgan fingerprint density at radius 1 is 0.444 bits per heavy atom. The standard InChI is InChI=1S/C26H16O/c1-3-9-18(10-4-1)25-23-20-15-7-13-17-14-8-16-21(22(17)20)24(23)26(27-25)19-11-5-2-6-12-19/h1-16H. The third kappa shape index (κ3) is 2.00. The lowest BCUT2D eigenvalue weighted by atomic mass is 9.99. The van der Waals surface area contributed by atoms with Crippen LogP contribution in [0.15, 0.2) is 101 Å². The van der Waals surface area contributed by atoms with Gasteiger partial charge in [0.15, 0.2) is 0 Å². The molecule has 0 radical (unpaired) electrons. The monoisotopic (exact) mass is 344 g/mol. The molecule has 1 aliphatic carbocycles. The summed E-state index contributed by atoms with van der Waals surface area (Å²) in [7, 11) is 0. The van der Waals surface area contributed by atoms with E-state index in [1.54, 1.807) is 0 Å². The number of hydrogen-bond acceptors (Lipinski definition) is 1. The SMILES string of the molecule is c1ccc(-c2oc(-c3ccccc3)c3c2-c2cccc4cccc-3c24)cc1. The minimum absolute atomic E-state index is 0.952. The summed E-state index contributed by atoms with van der Waals surface area (Å²) in [5.41, 5.74) is 7.19. The molecule has 0 saturated carbocycles. The number of benzene rings is 4. The molecule has 0 amide bonds. The first-order valence-corrected chi connectivity index (χ1v) is 9.22. The molecule has 6 rings (SSSR count). The molecule has 1 heterocycles. The molecule has 0 unspecified atom stereocenters. The largest absolute Gasteiger partial charge is 0.455 e. The molecule has 5 aromatic rings. The van der Waals surface area contributed by atoms with Crippen LogP contribution < -0.4 is 0 Å². The molecule has 0 fully saturated rings. The van der Waals surface area contributed by atoms with Crippen molar-refractivity contribution in [1.82, 2.24) is 0 Å². The molecule has 0 N–H and O–H groups in total. The van der Waals surface area contributed by atoms with Crippen LogP contribution in [0.5, 0.6) is 0 Å². The topological polar surface area (TPSA) is 13.1 Å². The van der Waals surface area contributed by atoms with Gasteiger partial charge in [-0.05, 0) is 21.9 Å². The molecule has 1 aromatic heterocycles. The van der Waals surface area contributed by atoms with E-state index in [4.69, 9.17) is 4.42 Å². The Hall–Kier alpha value is -3.58. The van der Waals surface area contributed by atoms with Crippen LogP contribution in [0.25, 0.3) is 55.7 Å². The van der Waals surface area contributed by atoms with Gasteiger partial charge in [-0.25, -0.2) is 0 Å². The second-order valence-corrected chi connectivity index (χ2v) is 6.95. The van der Waals surface area contributed by atoms with E-state index in [0.717, 1.165) is 22.6 Å². The maximum Gasteiger partial charge on any atom is 0.143 e. The molecule has 1 heteroatoms. The fourth-order valence-corrected chi connectivity index (χ4v) is 4.29. The number of fused-ring (bicyclic) bond motifs is 3. The van der Waals surface area contributed by atoms with Crippen molar-refractivity contribution in [2.75, 3.05) is 0 Å². The Labute approximate surface area is 157 Å². The zero-order valence-corrected chi connectivity index (χ0v) is 14.6. The van der Waals surface area contributed by atoms with Gasteiger partial charge in [-0.15, -0.1) is 0 Å². The van der Waals surface area contributed by atoms with E-state index >= 15 is 0 Å². The molecule has 0 bridgehead atoms. The van der Waals surface area contributed by atoms with Gasteiger partial charge in [-0.2, -0.15) is 0 Å². The summed E-state index contributed by atoms with van der Waals surface area (Å²) < 4.78 is 6.55. The van der Waals surface area contributed by atoms with Gasteiger partial charge in [0.1, 0.15) is 11.5 Å². The van der Waals surface area contributed by atoms with Crippen LogP contribution in [0.1, 0.15) is 0 Å². The summed E-state index contributed by atoms with van der Waals surface area (Å²) >= 11 is 0. The van der Waals surface area contributed by atoms with E-state index in [0.29, 0.717) is 0 Å². The molecule has 0 spiro atoms. The fraction of sp³-hybridized carbons (Fsp3) is 0. The van der Waals surface area contributed by atoms with Gasteiger partial charge in [0, 0.05) is 22.3 Å². The molecule has 1 aliphatic rings. The quantitative estimate of drug-likeness (QED) is 0.319. The van der Waals surface area contributed by atoms with E-state index in [1.807, 2.05) is 12.1 Å². The van der Waals surface area contributed by atoms with Crippen LogP contribution >= 0.6 is 0 Å². The summed E-state index contributed by atoms with van der Waals surface area (Å²) in [5.74, 6) is 1.90. The molecular formula is C26H16O. The predicted octanol–water partition coefficient (Wildman–Crippen LogP) is 7.41. The second kappa shape index (κ2) is 5.46. The highest BCUT2D eigenvalue weighted by Crippen LogP contribution is 2.56. The Kier molecular flexibility index (Phi) is 2.95. The summed E-state index contributed by atoms with van der Waals surface area (Å²) in [4.78, 5) is 0. The van der Waals surface area contributed by atoms with Crippen molar-refractivity contribution in [2.24, 2.45) is 0 Å². The lowest BCUT2D eigenvalue weighted by molar-refractivity contribution is 0.598. The Morgan fingerprint density at radius 3 is 1.41 bits per heavy atom. The zero-order chi connectivity index (χ0) is 17.8. The predicted molar refractivity (Wildman–Crippen MR) is 112 cm³/mol. The highest BCUT2D eigenvalue weighted by atomic mass is 16.3. The summed E-state index contributed by atoms with van der Waals surface area (Å²) in [5, 5.41) is 2.61. The third-order valence-electron chi connectivity index (χ3n) is 5.42. The normalized spacial score (nSPS) is 11.7. The third-order valence-corrected chi connectivity index (χ3v) is 5.42. The van der Waals surface area contributed by atoms with Crippen molar-refractivity contribution < 1.29 is 4.42 Å². The highest BCUT2D eigenvalue weighted by molar-refractivity contribution is 6.20. The van der Waals surface area contributed by atoms with Crippen LogP contribution in [0.2, 0.25) is 0 Å². The molecule has 0 atom stereocenters. The molecule has 0 saturated heterocycles. The van der Waals surface area contributed by atoms with E-state index in [9.17, 15) is 0 Å². The Balaban J connectivity index is 1.77.